The number of para-hydroxylation sites is 1. The zero-order valence-electron chi connectivity index (χ0n) is 19.8. The highest BCUT2D eigenvalue weighted by atomic mass is 79.9. The lowest BCUT2D eigenvalue weighted by Gasteiger charge is -2.12. The van der Waals surface area contributed by atoms with Crippen molar-refractivity contribution in [1.29, 1.82) is 0 Å². The lowest BCUT2D eigenvalue weighted by molar-refractivity contribution is -0.127. The van der Waals surface area contributed by atoms with E-state index in [2.05, 4.69) is 31.9 Å². The number of urea groups is 1. The molecule has 0 aliphatic carbocycles. The number of nitrogens with one attached hydrogen (secondary N) is 3. The van der Waals surface area contributed by atoms with Gasteiger partial charge in [0, 0.05) is 11.4 Å². The Labute approximate surface area is 221 Å². The maximum absolute atomic E-state index is 12.7. The predicted octanol–water partition coefficient (Wildman–Crippen LogP) is 4.31. The molecule has 3 N–H and O–H groups in total. The van der Waals surface area contributed by atoms with Gasteiger partial charge in [0.05, 0.1) is 4.47 Å². The summed E-state index contributed by atoms with van der Waals surface area (Å²) in [5.41, 5.74) is 2.92. The maximum atomic E-state index is 12.7. The topological polar surface area (TPSA) is 117 Å². The molecule has 1 heterocycles. The predicted molar refractivity (Wildman–Crippen MR) is 143 cm³/mol. The second kappa shape index (κ2) is 11.5. The number of amides is 5. The number of aryl methyl sites for hydroxylation is 1. The number of hydrogen-bond acceptors (Lipinski definition) is 5. The van der Waals surface area contributed by atoms with Crippen molar-refractivity contribution in [3.63, 3.8) is 0 Å². The van der Waals surface area contributed by atoms with E-state index in [9.17, 15) is 19.2 Å². The maximum Gasteiger partial charge on any atom is 0.329 e. The Morgan fingerprint density at radius 2 is 1.62 bits per heavy atom. The smallest absolute Gasteiger partial charge is 0.329 e. The summed E-state index contributed by atoms with van der Waals surface area (Å²) in [5, 5.41) is 7.90. The van der Waals surface area contributed by atoms with Crippen LogP contribution in [0.1, 0.15) is 11.1 Å². The number of hydrogen-bond donors (Lipinski definition) is 3. The molecule has 188 valence electrons. The third-order valence-electron chi connectivity index (χ3n) is 5.28. The van der Waals surface area contributed by atoms with Crippen molar-refractivity contribution in [2.24, 2.45) is 0 Å². The summed E-state index contributed by atoms with van der Waals surface area (Å²) in [6.07, 6.45) is 1.49. The normalized spacial score (nSPS) is 13.9. The lowest BCUT2D eigenvalue weighted by atomic mass is 10.2. The first-order valence-corrected chi connectivity index (χ1v) is 12.1. The molecule has 3 aromatic rings. The van der Waals surface area contributed by atoms with E-state index in [0.29, 0.717) is 27.2 Å². The number of carbonyl (C=O) groups excluding carboxylic acids is 4. The second-order valence-corrected chi connectivity index (χ2v) is 9.04. The van der Waals surface area contributed by atoms with Crippen LogP contribution in [0.25, 0.3) is 6.08 Å². The highest BCUT2D eigenvalue weighted by Crippen LogP contribution is 2.27. The van der Waals surface area contributed by atoms with Gasteiger partial charge in [-0.25, -0.2) is 9.69 Å². The molecule has 0 bridgehead atoms. The Bertz CT molecular complexity index is 1370. The van der Waals surface area contributed by atoms with Crippen LogP contribution in [0.5, 0.6) is 5.75 Å². The van der Waals surface area contributed by atoms with Gasteiger partial charge in [-0.15, -0.1) is 0 Å². The summed E-state index contributed by atoms with van der Waals surface area (Å²) in [4.78, 5) is 50.4. The van der Waals surface area contributed by atoms with Crippen molar-refractivity contribution in [3.05, 3.63) is 94.1 Å². The van der Waals surface area contributed by atoms with Gasteiger partial charge in [0.15, 0.2) is 6.61 Å². The summed E-state index contributed by atoms with van der Waals surface area (Å²) < 4.78 is 6.14. The Balaban J connectivity index is 1.35. The van der Waals surface area contributed by atoms with E-state index in [4.69, 9.17) is 4.74 Å². The standard InChI is InChI=1S/C27H23BrN4O5/c1-17-7-10-20(11-8-17)29-24(33)15-32-26(35)22(31-27(32)36)14-18-9-12-23(21(28)13-18)37-16-25(34)30-19-5-3-2-4-6-19/h2-14H,15-16H2,1H3,(H,29,33)(H,30,34)(H,31,36)/b22-14+. The van der Waals surface area contributed by atoms with Crippen molar-refractivity contribution in [1.82, 2.24) is 10.2 Å². The highest BCUT2D eigenvalue weighted by molar-refractivity contribution is 9.10. The Morgan fingerprint density at radius 3 is 2.32 bits per heavy atom. The van der Waals surface area contributed by atoms with E-state index in [-0.39, 0.29) is 18.2 Å². The molecular weight excluding hydrogens is 540 g/mol. The monoisotopic (exact) mass is 562 g/mol. The lowest BCUT2D eigenvalue weighted by Crippen LogP contribution is -2.38. The summed E-state index contributed by atoms with van der Waals surface area (Å²) >= 11 is 3.40. The van der Waals surface area contributed by atoms with Gasteiger partial charge in [-0.3, -0.25) is 14.4 Å². The molecule has 0 aromatic heterocycles. The fourth-order valence-corrected chi connectivity index (χ4v) is 3.96. The van der Waals surface area contributed by atoms with E-state index in [1.54, 1.807) is 42.5 Å². The number of halogens is 1. The van der Waals surface area contributed by atoms with E-state index in [0.717, 1.165) is 10.5 Å². The van der Waals surface area contributed by atoms with Gasteiger partial charge in [-0.2, -0.15) is 0 Å². The largest absolute Gasteiger partial charge is 0.483 e. The van der Waals surface area contributed by atoms with Crippen molar-refractivity contribution in [2.45, 2.75) is 6.92 Å². The molecule has 37 heavy (non-hydrogen) atoms. The first-order valence-electron chi connectivity index (χ1n) is 11.3. The first-order chi connectivity index (χ1) is 17.8. The molecule has 3 aromatic carbocycles. The van der Waals surface area contributed by atoms with Gasteiger partial charge >= 0.3 is 6.03 Å². The third kappa shape index (κ3) is 6.83. The number of ether oxygens (including phenoxy) is 1. The molecule has 1 aliphatic heterocycles. The summed E-state index contributed by atoms with van der Waals surface area (Å²) in [6, 6.07) is 20.5. The molecule has 1 fully saturated rings. The number of rotatable bonds is 8. The SMILES string of the molecule is Cc1ccc(NC(=O)CN2C(=O)N/C(=C/c3ccc(OCC(=O)Nc4ccccc4)c(Br)c3)C2=O)cc1. The van der Waals surface area contributed by atoms with Crippen LogP contribution in [0.2, 0.25) is 0 Å². The molecule has 9 nitrogen and oxygen atoms in total. The van der Waals surface area contributed by atoms with Crippen LogP contribution in [-0.2, 0) is 14.4 Å². The Kier molecular flexibility index (Phi) is 7.99. The third-order valence-corrected chi connectivity index (χ3v) is 5.90. The van der Waals surface area contributed by atoms with E-state index >= 15 is 0 Å². The fraction of sp³-hybridized carbons (Fsp3) is 0.111. The van der Waals surface area contributed by atoms with Gasteiger partial charge in [-0.05, 0) is 70.9 Å². The zero-order chi connectivity index (χ0) is 26.4. The van der Waals surface area contributed by atoms with Gasteiger partial charge < -0.3 is 20.7 Å². The average molecular weight is 563 g/mol. The minimum atomic E-state index is -0.682. The molecule has 0 atom stereocenters. The Hall–Kier alpha value is -4.44. The van der Waals surface area contributed by atoms with E-state index < -0.39 is 24.4 Å². The van der Waals surface area contributed by atoms with Crippen LogP contribution in [0.15, 0.2) is 83.0 Å². The highest BCUT2D eigenvalue weighted by Gasteiger charge is 2.35. The molecule has 0 radical (unpaired) electrons. The quantitative estimate of drug-likeness (QED) is 0.279. The summed E-state index contributed by atoms with van der Waals surface area (Å²) in [6.45, 7) is 1.32. The van der Waals surface area contributed by atoms with Crippen LogP contribution >= 0.6 is 15.9 Å². The molecule has 10 heteroatoms. The molecule has 0 spiro atoms. The minimum absolute atomic E-state index is 0.0379. The number of nitrogens with zero attached hydrogens (tertiary/aromatic N) is 1. The molecule has 0 unspecified atom stereocenters. The second-order valence-electron chi connectivity index (χ2n) is 8.19. The van der Waals surface area contributed by atoms with Gasteiger partial charge in [0.25, 0.3) is 11.8 Å². The fourth-order valence-electron chi connectivity index (χ4n) is 3.45. The molecule has 5 amide bonds. The number of imide groups is 1. The number of carbonyl (C=O) groups is 4. The zero-order valence-corrected chi connectivity index (χ0v) is 21.4. The van der Waals surface area contributed by atoms with Crippen molar-refractivity contribution < 1.29 is 23.9 Å². The van der Waals surface area contributed by atoms with Crippen molar-refractivity contribution >= 4 is 57.1 Å². The number of anilines is 2. The minimum Gasteiger partial charge on any atom is -0.483 e. The summed E-state index contributed by atoms with van der Waals surface area (Å²) in [7, 11) is 0. The van der Waals surface area contributed by atoms with Crippen LogP contribution in [0, 0.1) is 6.92 Å². The van der Waals surface area contributed by atoms with Gasteiger partial charge in [-0.1, -0.05) is 42.0 Å². The van der Waals surface area contributed by atoms with Gasteiger partial charge in [0.2, 0.25) is 5.91 Å². The molecule has 1 aliphatic rings. The summed E-state index contributed by atoms with van der Waals surface area (Å²) in [5.74, 6) is -0.983. The van der Waals surface area contributed by atoms with Crippen LogP contribution < -0.4 is 20.7 Å². The molecule has 4 rings (SSSR count). The number of benzene rings is 3. The van der Waals surface area contributed by atoms with Crippen LogP contribution in [-0.4, -0.2) is 41.8 Å². The molecule has 1 saturated heterocycles. The van der Waals surface area contributed by atoms with Crippen LogP contribution in [0.3, 0.4) is 0 Å². The molecule has 0 saturated carbocycles. The Morgan fingerprint density at radius 1 is 0.946 bits per heavy atom. The van der Waals surface area contributed by atoms with Gasteiger partial charge in [0.1, 0.15) is 18.0 Å². The first kappa shape index (κ1) is 25.6. The van der Waals surface area contributed by atoms with Crippen molar-refractivity contribution in [2.75, 3.05) is 23.8 Å². The van der Waals surface area contributed by atoms with Crippen molar-refractivity contribution in [3.8, 4) is 5.75 Å². The molecular formula is C27H23BrN4O5. The van der Waals surface area contributed by atoms with Crippen LogP contribution in [0.4, 0.5) is 16.2 Å². The van der Waals surface area contributed by atoms with E-state index in [1.807, 2.05) is 37.3 Å². The average Bonchev–Trinajstić information content (AvgIpc) is 3.12. The van der Waals surface area contributed by atoms with E-state index in [1.165, 1.54) is 6.08 Å².